The highest BCUT2D eigenvalue weighted by Gasteiger charge is 2.31. The number of likely N-dealkylation sites (N-methyl/N-ethyl adjacent to an activating group) is 1. The van der Waals surface area contributed by atoms with Crippen molar-refractivity contribution < 1.29 is 4.79 Å². The van der Waals surface area contributed by atoms with Crippen molar-refractivity contribution in [2.24, 2.45) is 5.73 Å². The van der Waals surface area contributed by atoms with Crippen LogP contribution in [0.5, 0.6) is 0 Å². The highest BCUT2D eigenvalue weighted by atomic mass is 16.2. The molecule has 1 aliphatic heterocycles. The van der Waals surface area contributed by atoms with Gasteiger partial charge in [-0.25, -0.2) is 0 Å². The Labute approximate surface area is 77.1 Å². The maximum absolute atomic E-state index is 11.5. The molecule has 0 fully saturated rings. The van der Waals surface area contributed by atoms with Crippen LogP contribution in [0.15, 0.2) is 18.2 Å². The van der Waals surface area contributed by atoms with Gasteiger partial charge in [0.25, 0.3) is 0 Å². The van der Waals surface area contributed by atoms with Crippen LogP contribution in [0.2, 0.25) is 0 Å². The molecular weight excluding hydrogens is 164 g/mol. The predicted octanol–water partition coefficient (Wildman–Crippen LogP) is 0.971. The molecule has 0 aromatic heterocycles. The van der Waals surface area contributed by atoms with Gasteiger partial charge < -0.3 is 10.6 Å². The van der Waals surface area contributed by atoms with E-state index < -0.39 is 6.04 Å². The first-order valence-electron chi connectivity index (χ1n) is 4.25. The molecule has 13 heavy (non-hydrogen) atoms. The molecule has 0 saturated carbocycles. The number of anilines is 1. The number of amides is 1. The summed E-state index contributed by atoms with van der Waals surface area (Å²) in [5, 5.41) is 0. The van der Waals surface area contributed by atoms with Gasteiger partial charge in [-0.3, -0.25) is 4.79 Å². The van der Waals surface area contributed by atoms with Crippen molar-refractivity contribution in [3.05, 3.63) is 29.3 Å². The standard InChI is InChI=1S/C10H12N2O/c1-6-3-4-7-8(5-6)12(2)10(13)9(7)11/h3-5,9H,11H2,1-2H3. The summed E-state index contributed by atoms with van der Waals surface area (Å²) in [7, 11) is 1.76. The zero-order valence-corrected chi connectivity index (χ0v) is 7.74. The molecule has 68 valence electrons. The highest BCUT2D eigenvalue weighted by Crippen LogP contribution is 2.33. The summed E-state index contributed by atoms with van der Waals surface area (Å²) in [6, 6.07) is 5.42. The van der Waals surface area contributed by atoms with Crippen LogP contribution < -0.4 is 10.6 Å². The van der Waals surface area contributed by atoms with Crippen molar-refractivity contribution in [1.29, 1.82) is 0 Å². The average molecular weight is 176 g/mol. The molecule has 0 radical (unpaired) electrons. The fourth-order valence-electron chi connectivity index (χ4n) is 1.67. The van der Waals surface area contributed by atoms with Gasteiger partial charge in [-0.2, -0.15) is 0 Å². The Morgan fingerprint density at radius 1 is 1.46 bits per heavy atom. The predicted molar refractivity (Wildman–Crippen MR) is 51.5 cm³/mol. The monoisotopic (exact) mass is 176 g/mol. The summed E-state index contributed by atoms with van der Waals surface area (Å²) in [5.41, 5.74) is 8.76. The van der Waals surface area contributed by atoms with E-state index in [0.717, 1.165) is 16.8 Å². The van der Waals surface area contributed by atoms with Crippen LogP contribution in [-0.4, -0.2) is 13.0 Å². The van der Waals surface area contributed by atoms with Gasteiger partial charge in [0.1, 0.15) is 6.04 Å². The summed E-state index contributed by atoms with van der Waals surface area (Å²) in [5.74, 6) is -0.0272. The van der Waals surface area contributed by atoms with E-state index in [-0.39, 0.29) is 5.91 Å². The number of carbonyl (C=O) groups is 1. The number of nitrogens with two attached hydrogens (primary N) is 1. The van der Waals surface area contributed by atoms with E-state index >= 15 is 0 Å². The van der Waals surface area contributed by atoms with Crippen molar-refractivity contribution in [1.82, 2.24) is 0 Å². The molecule has 1 heterocycles. The van der Waals surface area contributed by atoms with E-state index in [1.54, 1.807) is 11.9 Å². The van der Waals surface area contributed by atoms with E-state index in [1.807, 2.05) is 25.1 Å². The van der Waals surface area contributed by atoms with Crippen LogP contribution in [0, 0.1) is 6.92 Å². The molecular formula is C10H12N2O. The van der Waals surface area contributed by atoms with E-state index in [1.165, 1.54) is 0 Å². The quantitative estimate of drug-likeness (QED) is 0.640. The number of fused-ring (bicyclic) bond motifs is 1. The van der Waals surface area contributed by atoms with Gasteiger partial charge in [0.2, 0.25) is 5.91 Å². The topological polar surface area (TPSA) is 46.3 Å². The molecule has 1 aliphatic rings. The van der Waals surface area contributed by atoms with E-state index in [0.29, 0.717) is 0 Å². The Bertz CT molecular complexity index is 373. The minimum atomic E-state index is -0.472. The second-order valence-corrected chi connectivity index (χ2v) is 3.44. The molecule has 2 N–H and O–H groups in total. The second-order valence-electron chi connectivity index (χ2n) is 3.44. The molecule has 0 saturated heterocycles. The van der Waals surface area contributed by atoms with Crippen LogP contribution in [0.4, 0.5) is 5.69 Å². The van der Waals surface area contributed by atoms with Crippen molar-refractivity contribution in [2.75, 3.05) is 11.9 Å². The second kappa shape index (κ2) is 2.57. The van der Waals surface area contributed by atoms with Crippen LogP contribution in [-0.2, 0) is 4.79 Å². The number of hydrogen-bond acceptors (Lipinski definition) is 2. The summed E-state index contributed by atoms with van der Waals surface area (Å²) in [6.07, 6.45) is 0. The molecule has 1 unspecified atom stereocenters. The molecule has 2 rings (SSSR count). The molecule has 1 amide bonds. The molecule has 0 bridgehead atoms. The maximum atomic E-state index is 11.5. The van der Waals surface area contributed by atoms with Gasteiger partial charge >= 0.3 is 0 Å². The normalized spacial score (nSPS) is 20.7. The fraction of sp³-hybridized carbons (Fsp3) is 0.300. The van der Waals surface area contributed by atoms with Gasteiger partial charge in [-0.15, -0.1) is 0 Å². The number of aryl methyl sites for hydroxylation is 1. The van der Waals surface area contributed by atoms with Gasteiger partial charge in [0.05, 0.1) is 0 Å². The Balaban J connectivity index is 2.60. The zero-order valence-electron chi connectivity index (χ0n) is 7.74. The lowest BCUT2D eigenvalue weighted by Crippen LogP contribution is -2.27. The third-order valence-electron chi connectivity index (χ3n) is 2.48. The van der Waals surface area contributed by atoms with Crippen LogP contribution in [0.3, 0.4) is 0 Å². The third kappa shape index (κ3) is 1.04. The van der Waals surface area contributed by atoms with Crippen molar-refractivity contribution in [2.45, 2.75) is 13.0 Å². The van der Waals surface area contributed by atoms with Crippen molar-refractivity contribution in [3.63, 3.8) is 0 Å². The number of rotatable bonds is 0. The highest BCUT2D eigenvalue weighted by molar-refractivity contribution is 6.04. The molecule has 3 heteroatoms. The lowest BCUT2D eigenvalue weighted by Gasteiger charge is -2.09. The Kier molecular flexibility index (Phi) is 1.63. The van der Waals surface area contributed by atoms with E-state index in [9.17, 15) is 4.79 Å². The Hall–Kier alpha value is -1.35. The largest absolute Gasteiger partial charge is 0.316 e. The number of hydrogen-bond donors (Lipinski definition) is 1. The number of nitrogens with zero attached hydrogens (tertiary/aromatic N) is 1. The summed E-state index contributed by atoms with van der Waals surface area (Å²) < 4.78 is 0. The average Bonchev–Trinajstić information content (AvgIpc) is 2.32. The molecule has 3 nitrogen and oxygen atoms in total. The molecule has 0 aliphatic carbocycles. The first-order chi connectivity index (χ1) is 6.11. The molecule has 1 atom stereocenters. The SMILES string of the molecule is Cc1ccc2c(c1)N(C)C(=O)C2N. The minimum Gasteiger partial charge on any atom is -0.316 e. The first kappa shape index (κ1) is 8.26. The van der Waals surface area contributed by atoms with Gasteiger partial charge in [0.15, 0.2) is 0 Å². The van der Waals surface area contributed by atoms with E-state index in [4.69, 9.17) is 5.73 Å². The smallest absolute Gasteiger partial charge is 0.248 e. The third-order valence-corrected chi connectivity index (χ3v) is 2.48. The first-order valence-corrected chi connectivity index (χ1v) is 4.25. The van der Waals surface area contributed by atoms with Crippen molar-refractivity contribution in [3.8, 4) is 0 Å². The summed E-state index contributed by atoms with van der Waals surface area (Å²) in [6.45, 7) is 2.00. The minimum absolute atomic E-state index is 0.0272. The lowest BCUT2D eigenvalue weighted by molar-refractivity contribution is -0.118. The Morgan fingerprint density at radius 2 is 2.15 bits per heavy atom. The maximum Gasteiger partial charge on any atom is 0.248 e. The molecule has 1 aromatic rings. The summed E-state index contributed by atoms with van der Waals surface area (Å²) >= 11 is 0. The summed E-state index contributed by atoms with van der Waals surface area (Å²) in [4.78, 5) is 13.1. The van der Waals surface area contributed by atoms with Crippen LogP contribution >= 0.6 is 0 Å². The Morgan fingerprint density at radius 3 is 2.85 bits per heavy atom. The van der Waals surface area contributed by atoms with Crippen LogP contribution in [0.25, 0.3) is 0 Å². The molecule has 1 aromatic carbocycles. The van der Waals surface area contributed by atoms with Crippen LogP contribution in [0.1, 0.15) is 17.2 Å². The van der Waals surface area contributed by atoms with Gasteiger partial charge in [-0.05, 0) is 18.6 Å². The van der Waals surface area contributed by atoms with Crippen molar-refractivity contribution >= 4 is 11.6 Å². The number of benzene rings is 1. The van der Waals surface area contributed by atoms with Gasteiger partial charge in [0, 0.05) is 18.3 Å². The molecule has 0 spiro atoms. The number of carbonyl (C=O) groups excluding carboxylic acids is 1. The fourth-order valence-corrected chi connectivity index (χ4v) is 1.67. The van der Waals surface area contributed by atoms with Gasteiger partial charge in [-0.1, -0.05) is 12.1 Å². The zero-order chi connectivity index (χ0) is 9.59. The van der Waals surface area contributed by atoms with E-state index in [2.05, 4.69) is 0 Å². The lowest BCUT2D eigenvalue weighted by atomic mass is 10.1.